The van der Waals surface area contributed by atoms with Crippen LogP contribution in [0.1, 0.15) is 6.92 Å². The third-order valence-electron chi connectivity index (χ3n) is 1.50. The highest BCUT2D eigenvalue weighted by molar-refractivity contribution is 8.00. The summed E-state index contributed by atoms with van der Waals surface area (Å²) >= 11 is 1.26. The average molecular weight is 175 g/mol. The highest BCUT2D eigenvalue weighted by Gasteiger charge is 2.31. The lowest BCUT2D eigenvalue weighted by Gasteiger charge is -2.05. The summed E-state index contributed by atoms with van der Waals surface area (Å²) in [5.74, 6) is -0.341. The lowest BCUT2D eigenvalue weighted by Crippen LogP contribution is -2.38. The van der Waals surface area contributed by atoms with E-state index in [1.165, 1.54) is 18.7 Å². The molecule has 0 bridgehead atoms. The summed E-state index contributed by atoms with van der Waals surface area (Å²) in [5.41, 5.74) is 0. The Kier molecular flexibility index (Phi) is 2.51. The van der Waals surface area contributed by atoms with E-state index in [0.717, 1.165) is 0 Å². The molecule has 4 nitrogen and oxygen atoms in total. The quantitative estimate of drug-likeness (QED) is 0.602. The maximum absolute atomic E-state index is 10.7. The number of hydrogen-bond donors (Lipinski definition) is 2. The molecule has 1 heterocycles. The van der Waals surface area contributed by atoms with Crippen LogP contribution in [-0.4, -0.2) is 34.0 Å². The van der Waals surface area contributed by atoms with Crippen molar-refractivity contribution in [1.82, 2.24) is 5.32 Å². The predicted molar refractivity (Wildman–Crippen MR) is 41.5 cm³/mol. The Morgan fingerprint density at radius 1 is 1.64 bits per heavy atom. The Balaban J connectivity index is 2.47. The lowest BCUT2D eigenvalue weighted by molar-refractivity contribution is -0.137. The van der Waals surface area contributed by atoms with Crippen LogP contribution in [0.3, 0.4) is 0 Å². The Morgan fingerprint density at radius 3 is 2.55 bits per heavy atom. The molecule has 1 aliphatic heterocycles. The zero-order chi connectivity index (χ0) is 8.43. The maximum Gasteiger partial charge on any atom is 0.331 e. The number of carbonyl (C=O) groups is 2. The summed E-state index contributed by atoms with van der Waals surface area (Å²) in [4.78, 5) is 21.1. The monoisotopic (exact) mass is 175 g/mol. The molecule has 1 fully saturated rings. The second kappa shape index (κ2) is 3.23. The van der Waals surface area contributed by atoms with Crippen LogP contribution < -0.4 is 5.32 Å². The van der Waals surface area contributed by atoms with Crippen molar-refractivity contribution in [3.05, 3.63) is 0 Å². The standard InChI is InChI=1S/C6H9NO3S/c1-3(8)4-2-11-5(7-4)6(9)10/h4-5,7H,2H2,1H3,(H,9,10). The number of rotatable bonds is 2. The van der Waals surface area contributed by atoms with Gasteiger partial charge < -0.3 is 5.11 Å². The van der Waals surface area contributed by atoms with Gasteiger partial charge in [-0.05, 0) is 6.92 Å². The van der Waals surface area contributed by atoms with Crippen molar-refractivity contribution in [3.8, 4) is 0 Å². The van der Waals surface area contributed by atoms with Crippen molar-refractivity contribution in [3.63, 3.8) is 0 Å². The fraction of sp³-hybridized carbons (Fsp3) is 0.667. The molecule has 1 saturated heterocycles. The first kappa shape index (κ1) is 8.55. The summed E-state index contributed by atoms with van der Waals surface area (Å²) in [6, 6.07) is -0.277. The van der Waals surface area contributed by atoms with E-state index < -0.39 is 11.3 Å². The first-order chi connectivity index (χ1) is 5.11. The number of Topliss-reactive ketones (excluding diaryl/α,β-unsaturated/α-hetero) is 1. The van der Waals surface area contributed by atoms with Gasteiger partial charge in [0.2, 0.25) is 0 Å². The summed E-state index contributed by atoms with van der Waals surface area (Å²) in [7, 11) is 0. The number of hydrogen-bond acceptors (Lipinski definition) is 4. The van der Waals surface area contributed by atoms with Crippen molar-refractivity contribution < 1.29 is 14.7 Å². The van der Waals surface area contributed by atoms with Crippen LogP contribution in [-0.2, 0) is 9.59 Å². The van der Waals surface area contributed by atoms with Crippen molar-refractivity contribution >= 4 is 23.5 Å². The topological polar surface area (TPSA) is 66.4 Å². The van der Waals surface area contributed by atoms with Gasteiger partial charge in [0.25, 0.3) is 0 Å². The Morgan fingerprint density at radius 2 is 2.27 bits per heavy atom. The van der Waals surface area contributed by atoms with Crippen LogP contribution >= 0.6 is 11.8 Å². The van der Waals surface area contributed by atoms with Crippen LogP contribution in [0.4, 0.5) is 0 Å². The van der Waals surface area contributed by atoms with Gasteiger partial charge in [-0.15, -0.1) is 11.8 Å². The highest BCUT2D eigenvalue weighted by Crippen LogP contribution is 2.18. The van der Waals surface area contributed by atoms with Gasteiger partial charge in [-0.2, -0.15) is 0 Å². The smallest absolute Gasteiger partial charge is 0.331 e. The number of carboxylic acid groups (broad SMARTS) is 1. The molecule has 2 unspecified atom stereocenters. The van der Waals surface area contributed by atoms with E-state index >= 15 is 0 Å². The van der Waals surface area contributed by atoms with Crippen molar-refractivity contribution in [1.29, 1.82) is 0 Å². The van der Waals surface area contributed by atoms with E-state index in [9.17, 15) is 9.59 Å². The zero-order valence-electron chi connectivity index (χ0n) is 6.03. The molecule has 62 valence electrons. The molecule has 0 spiro atoms. The fourth-order valence-corrected chi connectivity index (χ4v) is 1.97. The number of thioether (sulfide) groups is 1. The minimum atomic E-state index is -0.904. The van der Waals surface area contributed by atoms with Gasteiger partial charge in [0.15, 0.2) is 5.37 Å². The second-order valence-electron chi connectivity index (χ2n) is 2.38. The van der Waals surface area contributed by atoms with Gasteiger partial charge in [0.05, 0.1) is 6.04 Å². The lowest BCUT2D eigenvalue weighted by atomic mass is 10.2. The van der Waals surface area contributed by atoms with E-state index in [0.29, 0.717) is 5.75 Å². The number of nitrogens with one attached hydrogen (secondary N) is 1. The van der Waals surface area contributed by atoms with E-state index in [4.69, 9.17) is 5.11 Å². The molecule has 0 aromatic heterocycles. The maximum atomic E-state index is 10.7. The van der Waals surface area contributed by atoms with E-state index in [-0.39, 0.29) is 11.8 Å². The first-order valence-electron chi connectivity index (χ1n) is 3.22. The van der Waals surface area contributed by atoms with Crippen molar-refractivity contribution in [2.75, 3.05) is 5.75 Å². The number of aliphatic carboxylic acids is 1. The molecule has 0 radical (unpaired) electrons. The van der Waals surface area contributed by atoms with Gasteiger partial charge in [-0.3, -0.25) is 10.1 Å². The number of ketones is 1. The first-order valence-corrected chi connectivity index (χ1v) is 4.27. The minimum absolute atomic E-state index is 0.00116. The van der Waals surface area contributed by atoms with E-state index in [1.807, 2.05) is 0 Å². The Hall–Kier alpha value is -0.550. The molecule has 2 atom stereocenters. The van der Waals surface area contributed by atoms with Gasteiger partial charge in [0.1, 0.15) is 5.78 Å². The normalized spacial score (nSPS) is 30.3. The molecule has 1 aliphatic rings. The fourth-order valence-electron chi connectivity index (χ4n) is 0.849. The van der Waals surface area contributed by atoms with E-state index in [1.54, 1.807) is 0 Å². The Bertz CT molecular complexity index is 174. The summed E-state index contributed by atoms with van der Waals surface area (Å²) in [5, 5.41) is 10.6. The van der Waals surface area contributed by atoms with Crippen LogP contribution in [0.25, 0.3) is 0 Å². The summed E-state index contributed by atoms with van der Waals surface area (Å²) in [6.07, 6.45) is 0. The van der Waals surface area contributed by atoms with Gasteiger partial charge >= 0.3 is 5.97 Å². The number of carbonyl (C=O) groups excluding carboxylic acids is 1. The van der Waals surface area contributed by atoms with Crippen LogP contribution in [0.5, 0.6) is 0 Å². The molecule has 2 N–H and O–H groups in total. The molecular formula is C6H9NO3S. The molecule has 0 saturated carbocycles. The van der Waals surface area contributed by atoms with Gasteiger partial charge in [-0.1, -0.05) is 0 Å². The third-order valence-corrected chi connectivity index (χ3v) is 2.69. The van der Waals surface area contributed by atoms with Crippen molar-refractivity contribution in [2.24, 2.45) is 0 Å². The second-order valence-corrected chi connectivity index (χ2v) is 3.52. The minimum Gasteiger partial charge on any atom is -0.479 e. The number of carboxylic acids is 1. The van der Waals surface area contributed by atoms with Crippen LogP contribution in [0.2, 0.25) is 0 Å². The molecular weight excluding hydrogens is 166 g/mol. The van der Waals surface area contributed by atoms with E-state index in [2.05, 4.69) is 5.32 Å². The molecule has 11 heavy (non-hydrogen) atoms. The molecule has 1 rings (SSSR count). The van der Waals surface area contributed by atoms with Crippen LogP contribution in [0.15, 0.2) is 0 Å². The average Bonchev–Trinajstić information content (AvgIpc) is 2.33. The van der Waals surface area contributed by atoms with Gasteiger partial charge in [-0.25, -0.2) is 4.79 Å². The Labute approximate surface area is 68.3 Å². The molecule has 0 amide bonds. The highest BCUT2D eigenvalue weighted by atomic mass is 32.2. The molecule has 5 heteroatoms. The third kappa shape index (κ3) is 1.94. The van der Waals surface area contributed by atoms with Crippen molar-refractivity contribution in [2.45, 2.75) is 18.3 Å². The zero-order valence-corrected chi connectivity index (χ0v) is 6.85. The predicted octanol–water partition coefficient (Wildman–Crippen LogP) is -0.309. The van der Waals surface area contributed by atoms with Gasteiger partial charge in [0, 0.05) is 5.75 Å². The molecule has 0 aromatic carbocycles. The SMILES string of the molecule is CC(=O)C1CSC(C(=O)O)N1. The summed E-state index contributed by atoms with van der Waals surface area (Å²) in [6.45, 7) is 1.46. The summed E-state index contributed by atoms with van der Waals surface area (Å²) < 4.78 is 0. The largest absolute Gasteiger partial charge is 0.479 e. The molecule has 0 aliphatic carbocycles. The van der Waals surface area contributed by atoms with Crippen LogP contribution in [0, 0.1) is 0 Å². The molecule has 0 aromatic rings.